The number of benzene rings is 2. The van der Waals surface area contributed by atoms with Crippen LogP contribution in [0.1, 0.15) is 17.2 Å². The molecule has 0 spiro atoms. The summed E-state index contributed by atoms with van der Waals surface area (Å²) in [6, 6.07) is 21.0. The highest BCUT2D eigenvalue weighted by atomic mass is 16.5. The molecule has 4 rings (SSSR count). The van der Waals surface area contributed by atoms with Crippen LogP contribution in [0, 0.1) is 5.92 Å². The van der Waals surface area contributed by atoms with Gasteiger partial charge in [-0.25, -0.2) is 4.79 Å². The van der Waals surface area contributed by atoms with Crippen LogP contribution in [-0.2, 0) is 27.4 Å². The molecule has 0 radical (unpaired) electrons. The SMILES string of the molecule is O=c1ccn(C2COC(COCc3ccccc3)C2COCc2ccccc2)c(=O)[nH]1. The molecular formula is C24H26N2O5. The van der Waals surface area contributed by atoms with Gasteiger partial charge in [-0.15, -0.1) is 0 Å². The molecule has 0 bridgehead atoms. The van der Waals surface area contributed by atoms with Gasteiger partial charge in [0.2, 0.25) is 0 Å². The van der Waals surface area contributed by atoms with Crippen LogP contribution in [0.5, 0.6) is 0 Å². The number of nitrogens with zero attached hydrogens (tertiary/aromatic N) is 1. The highest BCUT2D eigenvalue weighted by Gasteiger charge is 2.39. The molecule has 1 saturated heterocycles. The zero-order chi connectivity index (χ0) is 21.5. The van der Waals surface area contributed by atoms with Crippen molar-refractivity contribution in [3.8, 4) is 0 Å². The van der Waals surface area contributed by atoms with Crippen molar-refractivity contribution in [1.82, 2.24) is 9.55 Å². The molecule has 31 heavy (non-hydrogen) atoms. The fraction of sp³-hybridized carbons (Fsp3) is 0.333. The van der Waals surface area contributed by atoms with E-state index in [1.54, 1.807) is 0 Å². The van der Waals surface area contributed by atoms with Gasteiger partial charge in [0.25, 0.3) is 5.56 Å². The monoisotopic (exact) mass is 422 g/mol. The number of aromatic amines is 1. The molecule has 162 valence electrons. The lowest BCUT2D eigenvalue weighted by atomic mass is 9.98. The van der Waals surface area contributed by atoms with Crippen molar-refractivity contribution in [2.75, 3.05) is 19.8 Å². The van der Waals surface area contributed by atoms with Crippen molar-refractivity contribution in [3.05, 3.63) is 105 Å². The molecule has 1 fully saturated rings. The molecule has 3 aromatic rings. The molecule has 2 aromatic carbocycles. The number of hydrogen-bond donors (Lipinski definition) is 1. The van der Waals surface area contributed by atoms with Gasteiger partial charge in [-0.2, -0.15) is 0 Å². The van der Waals surface area contributed by atoms with Gasteiger partial charge in [-0.05, 0) is 11.1 Å². The Morgan fingerprint density at radius 3 is 2.10 bits per heavy atom. The first-order valence-corrected chi connectivity index (χ1v) is 10.4. The number of H-pyrrole nitrogens is 1. The average molecular weight is 422 g/mol. The summed E-state index contributed by atoms with van der Waals surface area (Å²) in [4.78, 5) is 26.1. The predicted octanol–water partition coefficient (Wildman–Crippen LogP) is 2.53. The van der Waals surface area contributed by atoms with Crippen molar-refractivity contribution in [2.45, 2.75) is 25.4 Å². The third kappa shape index (κ3) is 5.58. The van der Waals surface area contributed by atoms with E-state index in [0.29, 0.717) is 33.0 Å². The summed E-state index contributed by atoms with van der Waals surface area (Å²) in [5.41, 5.74) is 1.31. The van der Waals surface area contributed by atoms with Crippen molar-refractivity contribution in [1.29, 1.82) is 0 Å². The van der Waals surface area contributed by atoms with Crippen LogP contribution < -0.4 is 11.2 Å². The van der Waals surface area contributed by atoms with E-state index in [-0.39, 0.29) is 18.1 Å². The predicted molar refractivity (Wildman–Crippen MR) is 116 cm³/mol. The van der Waals surface area contributed by atoms with E-state index in [4.69, 9.17) is 14.2 Å². The van der Waals surface area contributed by atoms with Gasteiger partial charge in [-0.1, -0.05) is 60.7 Å². The second kappa shape index (κ2) is 10.3. The van der Waals surface area contributed by atoms with Crippen LogP contribution in [-0.4, -0.2) is 35.5 Å². The summed E-state index contributed by atoms with van der Waals surface area (Å²) in [6.45, 7) is 2.11. The van der Waals surface area contributed by atoms with E-state index in [2.05, 4.69) is 4.98 Å². The second-order valence-corrected chi connectivity index (χ2v) is 7.62. The molecule has 7 heteroatoms. The van der Waals surface area contributed by atoms with Crippen LogP contribution in [0.4, 0.5) is 0 Å². The Kier molecular flexibility index (Phi) is 7.09. The molecule has 0 saturated carbocycles. The highest BCUT2D eigenvalue weighted by Crippen LogP contribution is 2.31. The van der Waals surface area contributed by atoms with E-state index < -0.39 is 11.2 Å². The molecule has 0 amide bonds. The summed E-state index contributed by atoms with van der Waals surface area (Å²) < 4.78 is 19.4. The minimum Gasteiger partial charge on any atom is -0.376 e. The van der Waals surface area contributed by atoms with Gasteiger partial charge < -0.3 is 14.2 Å². The fourth-order valence-corrected chi connectivity index (χ4v) is 3.84. The summed E-state index contributed by atoms with van der Waals surface area (Å²) in [6.07, 6.45) is 1.30. The van der Waals surface area contributed by atoms with E-state index in [1.165, 1.54) is 16.8 Å². The summed E-state index contributed by atoms with van der Waals surface area (Å²) >= 11 is 0. The largest absolute Gasteiger partial charge is 0.376 e. The van der Waals surface area contributed by atoms with E-state index in [0.717, 1.165) is 11.1 Å². The van der Waals surface area contributed by atoms with Gasteiger partial charge >= 0.3 is 5.69 Å². The second-order valence-electron chi connectivity index (χ2n) is 7.62. The number of ether oxygens (including phenoxy) is 3. The van der Waals surface area contributed by atoms with Gasteiger partial charge in [-0.3, -0.25) is 14.3 Å². The summed E-state index contributed by atoms with van der Waals surface area (Å²) in [7, 11) is 0. The Bertz CT molecular complexity index is 1060. The Morgan fingerprint density at radius 2 is 1.48 bits per heavy atom. The van der Waals surface area contributed by atoms with Gasteiger partial charge in [0.1, 0.15) is 0 Å². The number of nitrogens with one attached hydrogen (secondary N) is 1. The van der Waals surface area contributed by atoms with Crippen LogP contribution in [0.2, 0.25) is 0 Å². The van der Waals surface area contributed by atoms with Crippen LogP contribution in [0.3, 0.4) is 0 Å². The minimum atomic E-state index is -0.444. The van der Waals surface area contributed by atoms with Crippen LogP contribution in [0.25, 0.3) is 0 Å². The van der Waals surface area contributed by atoms with E-state index in [1.807, 2.05) is 60.7 Å². The van der Waals surface area contributed by atoms with Crippen molar-refractivity contribution < 1.29 is 14.2 Å². The summed E-state index contributed by atoms with van der Waals surface area (Å²) in [5.74, 6) is -0.0944. The molecule has 1 N–H and O–H groups in total. The smallest absolute Gasteiger partial charge is 0.328 e. The normalized spacial score (nSPS) is 20.7. The van der Waals surface area contributed by atoms with Crippen LogP contribution in [0.15, 0.2) is 82.5 Å². The Balaban J connectivity index is 1.44. The molecule has 1 aliphatic heterocycles. The van der Waals surface area contributed by atoms with Gasteiger partial charge in [0.05, 0.1) is 45.2 Å². The lowest BCUT2D eigenvalue weighted by Crippen LogP contribution is -2.37. The standard InChI is InChI=1S/C24H26N2O5/c27-23-11-12-26(24(28)25-23)21-16-31-22(17-30-14-19-9-5-2-6-10-19)20(21)15-29-13-18-7-3-1-4-8-18/h1-12,20-22H,13-17H2,(H,25,27,28). The number of aromatic nitrogens is 2. The average Bonchev–Trinajstić information content (AvgIpc) is 3.18. The zero-order valence-corrected chi connectivity index (χ0v) is 17.2. The third-order valence-corrected chi connectivity index (χ3v) is 5.48. The lowest BCUT2D eigenvalue weighted by Gasteiger charge is -2.24. The zero-order valence-electron chi connectivity index (χ0n) is 17.2. The molecule has 3 unspecified atom stereocenters. The Labute approximate surface area is 180 Å². The molecule has 7 nitrogen and oxygen atoms in total. The van der Waals surface area contributed by atoms with Crippen LogP contribution >= 0.6 is 0 Å². The molecular weight excluding hydrogens is 396 g/mol. The van der Waals surface area contributed by atoms with E-state index in [9.17, 15) is 9.59 Å². The maximum absolute atomic E-state index is 12.4. The van der Waals surface area contributed by atoms with E-state index >= 15 is 0 Å². The lowest BCUT2D eigenvalue weighted by molar-refractivity contribution is -0.0240. The Hall–Kier alpha value is -3.00. The first kappa shape index (κ1) is 21.2. The summed E-state index contributed by atoms with van der Waals surface area (Å²) in [5, 5.41) is 0. The first-order chi connectivity index (χ1) is 15.2. The fourth-order valence-electron chi connectivity index (χ4n) is 3.84. The number of hydrogen-bond acceptors (Lipinski definition) is 5. The maximum atomic E-state index is 12.4. The molecule has 1 aromatic heterocycles. The van der Waals surface area contributed by atoms with Crippen molar-refractivity contribution in [3.63, 3.8) is 0 Å². The first-order valence-electron chi connectivity index (χ1n) is 10.4. The minimum absolute atomic E-state index is 0.0944. The van der Waals surface area contributed by atoms with Crippen molar-refractivity contribution >= 4 is 0 Å². The van der Waals surface area contributed by atoms with Gasteiger partial charge in [0, 0.05) is 18.2 Å². The quantitative estimate of drug-likeness (QED) is 0.573. The third-order valence-electron chi connectivity index (χ3n) is 5.48. The molecule has 0 aliphatic carbocycles. The topological polar surface area (TPSA) is 82.5 Å². The van der Waals surface area contributed by atoms with Gasteiger partial charge in [0.15, 0.2) is 0 Å². The Morgan fingerprint density at radius 1 is 0.871 bits per heavy atom. The molecule has 1 aliphatic rings. The maximum Gasteiger partial charge on any atom is 0.328 e. The molecule has 3 atom stereocenters. The highest BCUT2D eigenvalue weighted by molar-refractivity contribution is 5.14. The molecule has 2 heterocycles. The van der Waals surface area contributed by atoms with Crippen molar-refractivity contribution in [2.24, 2.45) is 5.92 Å². The number of rotatable bonds is 9.